The Morgan fingerprint density at radius 1 is 0.967 bits per heavy atom. The molecule has 0 unspecified atom stereocenters. The number of piperidine rings is 1. The van der Waals surface area contributed by atoms with E-state index in [1.54, 1.807) is 29.4 Å². The van der Waals surface area contributed by atoms with Crippen molar-refractivity contribution in [2.75, 3.05) is 44.2 Å². The van der Waals surface area contributed by atoms with Gasteiger partial charge in [-0.25, -0.2) is 9.18 Å². The van der Waals surface area contributed by atoms with E-state index in [-0.39, 0.29) is 23.7 Å². The van der Waals surface area contributed by atoms with Gasteiger partial charge in [-0.05, 0) is 49.2 Å². The van der Waals surface area contributed by atoms with Crippen molar-refractivity contribution < 1.29 is 18.4 Å². The Balaban J connectivity index is 1.21. The number of benzene rings is 1. The zero-order chi connectivity index (χ0) is 20.9. The number of urea groups is 1. The van der Waals surface area contributed by atoms with Crippen molar-refractivity contribution in [3.63, 3.8) is 0 Å². The molecule has 8 heteroatoms. The number of anilines is 1. The molecule has 2 aliphatic rings. The van der Waals surface area contributed by atoms with Gasteiger partial charge in [-0.15, -0.1) is 0 Å². The first-order valence-corrected chi connectivity index (χ1v) is 10.4. The molecule has 3 amide bonds. The third-order valence-corrected chi connectivity index (χ3v) is 5.91. The van der Waals surface area contributed by atoms with Crippen LogP contribution in [0.2, 0.25) is 0 Å². The van der Waals surface area contributed by atoms with E-state index >= 15 is 0 Å². The molecule has 2 fully saturated rings. The normalized spacial score (nSPS) is 17.8. The smallest absolute Gasteiger partial charge is 0.317 e. The quantitative estimate of drug-likeness (QED) is 0.835. The molecule has 0 atom stereocenters. The number of hydrogen-bond donors (Lipinski definition) is 1. The highest BCUT2D eigenvalue weighted by Gasteiger charge is 2.31. The van der Waals surface area contributed by atoms with E-state index in [1.807, 2.05) is 11.0 Å². The van der Waals surface area contributed by atoms with Crippen LogP contribution in [-0.2, 0) is 11.3 Å². The van der Waals surface area contributed by atoms with Crippen LogP contribution in [0, 0.1) is 11.7 Å². The molecule has 2 saturated heterocycles. The second-order valence-corrected chi connectivity index (χ2v) is 7.79. The van der Waals surface area contributed by atoms with Crippen LogP contribution >= 0.6 is 0 Å². The summed E-state index contributed by atoms with van der Waals surface area (Å²) >= 11 is 0. The number of carbonyl (C=O) groups is 2. The van der Waals surface area contributed by atoms with Gasteiger partial charge in [0.15, 0.2) is 0 Å². The summed E-state index contributed by atoms with van der Waals surface area (Å²) < 4.78 is 18.3. The Hall–Kier alpha value is -3.03. The zero-order valence-electron chi connectivity index (χ0n) is 16.9. The molecular formula is C22H27FN4O3. The monoisotopic (exact) mass is 414 g/mol. The minimum absolute atomic E-state index is 0.0310. The first-order chi connectivity index (χ1) is 14.6. The lowest BCUT2D eigenvalue weighted by molar-refractivity contribution is -0.137. The lowest BCUT2D eigenvalue weighted by atomic mass is 9.95. The van der Waals surface area contributed by atoms with Crippen LogP contribution in [0.15, 0.2) is 47.1 Å². The van der Waals surface area contributed by atoms with E-state index < -0.39 is 0 Å². The first-order valence-electron chi connectivity index (χ1n) is 10.4. The van der Waals surface area contributed by atoms with Crippen LogP contribution in [0.1, 0.15) is 18.6 Å². The SMILES string of the molecule is O=C(NCc1ccco1)N1CCC(C(=O)N2CCN(c3ccc(F)cc3)CC2)CC1. The number of rotatable bonds is 4. The number of halogens is 1. The van der Waals surface area contributed by atoms with E-state index in [1.165, 1.54) is 12.1 Å². The summed E-state index contributed by atoms with van der Waals surface area (Å²) in [5.74, 6) is 0.627. The summed E-state index contributed by atoms with van der Waals surface area (Å²) in [6.07, 6.45) is 2.95. The predicted molar refractivity (Wildman–Crippen MR) is 110 cm³/mol. The standard InChI is InChI=1S/C22H27FN4O3/c23-18-3-5-19(6-4-18)25-11-13-26(14-12-25)21(28)17-7-9-27(10-8-17)22(29)24-16-20-2-1-15-30-20/h1-6,15,17H,7-14,16H2,(H,24,29). The highest BCUT2D eigenvalue weighted by Crippen LogP contribution is 2.22. The molecular weight excluding hydrogens is 387 g/mol. The zero-order valence-corrected chi connectivity index (χ0v) is 16.9. The largest absolute Gasteiger partial charge is 0.467 e. The number of nitrogens with zero attached hydrogens (tertiary/aromatic N) is 3. The molecule has 0 spiro atoms. The number of carbonyl (C=O) groups excluding carboxylic acids is 2. The Morgan fingerprint density at radius 3 is 2.30 bits per heavy atom. The minimum Gasteiger partial charge on any atom is -0.467 e. The maximum absolute atomic E-state index is 13.1. The Labute approximate surface area is 175 Å². The van der Waals surface area contributed by atoms with Gasteiger partial charge in [-0.3, -0.25) is 4.79 Å². The fourth-order valence-electron chi connectivity index (χ4n) is 4.11. The molecule has 7 nitrogen and oxygen atoms in total. The summed E-state index contributed by atoms with van der Waals surface area (Å²) in [5.41, 5.74) is 0.984. The van der Waals surface area contributed by atoms with Crippen LogP contribution in [0.5, 0.6) is 0 Å². The average molecular weight is 414 g/mol. The van der Waals surface area contributed by atoms with Gasteiger partial charge in [0.2, 0.25) is 5.91 Å². The summed E-state index contributed by atoms with van der Waals surface area (Å²) in [6, 6.07) is 9.97. The van der Waals surface area contributed by atoms with Gasteiger partial charge in [0, 0.05) is 50.9 Å². The number of hydrogen-bond acceptors (Lipinski definition) is 4. The molecule has 30 heavy (non-hydrogen) atoms. The molecule has 4 rings (SSSR count). The highest BCUT2D eigenvalue weighted by atomic mass is 19.1. The van der Waals surface area contributed by atoms with Gasteiger partial charge in [0.1, 0.15) is 11.6 Å². The number of likely N-dealkylation sites (tertiary alicyclic amines) is 1. The fraction of sp³-hybridized carbons (Fsp3) is 0.455. The summed E-state index contributed by atoms with van der Waals surface area (Å²) in [7, 11) is 0. The molecule has 2 aromatic rings. The van der Waals surface area contributed by atoms with E-state index in [0.717, 1.165) is 18.8 Å². The maximum Gasteiger partial charge on any atom is 0.317 e. The van der Waals surface area contributed by atoms with Crippen LogP contribution in [-0.4, -0.2) is 61.0 Å². The fourth-order valence-corrected chi connectivity index (χ4v) is 4.11. The number of nitrogens with one attached hydrogen (secondary N) is 1. The van der Waals surface area contributed by atoms with E-state index in [4.69, 9.17) is 4.42 Å². The van der Waals surface area contributed by atoms with Gasteiger partial charge in [0.25, 0.3) is 0 Å². The topological polar surface area (TPSA) is 69.0 Å². The average Bonchev–Trinajstić information content (AvgIpc) is 3.31. The lowest BCUT2D eigenvalue weighted by Crippen LogP contribution is -2.52. The summed E-state index contributed by atoms with van der Waals surface area (Å²) in [4.78, 5) is 31.1. The lowest BCUT2D eigenvalue weighted by Gasteiger charge is -2.39. The third-order valence-electron chi connectivity index (χ3n) is 5.91. The van der Waals surface area contributed by atoms with Crippen molar-refractivity contribution in [3.05, 3.63) is 54.2 Å². The van der Waals surface area contributed by atoms with Crippen LogP contribution in [0.3, 0.4) is 0 Å². The second kappa shape index (κ2) is 9.19. The third kappa shape index (κ3) is 4.75. The maximum atomic E-state index is 13.1. The Bertz CT molecular complexity index is 840. The van der Waals surface area contributed by atoms with Gasteiger partial charge in [-0.2, -0.15) is 0 Å². The molecule has 1 N–H and O–H groups in total. The van der Waals surface area contributed by atoms with Crippen molar-refractivity contribution in [3.8, 4) is 0 Å². The predicted octanol–water partition coefficient (Wildman–Crippen LogP) is 2.69. The van der Waals surface area contributed by atoms with Crippen LogP contribution in [0.4, 0.5) is 14.9 Å². The molecule has 0 aliphatic carbocycles. The van der Waals surface area contributed by atoms with Gasteiger partial charge in [-0.1, -0.05) is 0 Å². The second-order valence-electron chi connectivity index (χ2n) is 7.79. The molecule has 0 saturated carbocycles. The van der Waals surface area contributed by atoms with Crippen molar-refractivity contribution in [1.29, 1.82) is 0 Å². The molecule has 1 aromatic carbocycles. The molecule has 160 valence electrons. The molecule has 2 aliphatic heterocycles. The number of amides is 3. The Morgan fingerprint density at radius 2 is 1.67 bits per heavy atom. The van der Waals surface area contributed by atoms with E-state index in [9.17, 15) is 14.0 Å². The van der Waals surface area contributed by atoms with Crippen molar-refractivity contribution in [2.45, 2.75) is 19.4 Å². The van der Waals surface area contributed by atoms with Gasteiger partial charge < -0.3 is 24.4 Å². The van der Waals surface area contributed by atoms with Gasteiger partial charge >= 0.3 is 6.03 Å². The highest BCUT2D eigenvalue weighted by molar-refractivity contribution is 5.80. The van der Waals surface area contributed by atoms with Crippen molar-refractivity contribution in [1.82, 2.24) is 15.1 Å². The van der Waals surface area contributed by atoms with Crippen molar-refractivity contribution in [2.24, 2.45) is 5.92 Å². The first kappa shape index (κ1) is 20.3. The molecule has 1 aromatic heterocycles. The van der Waals surface area contributed by atoms with Crippen molar-refractivity contribution >= 4 is 17.6 Å². The Kier molecular flexibility index (Phi) is 6.21. The number of piperazine rings is 1. The summed E-state index contributed by atoms with van der Waals surface area (Å²) in [6.45, 7) is 4.34. The summed E-state index contributed by atoms with van der Waals surface area (Å²) in [5, 5.41) is 2.85. The van der Waals surface area contributed by atoms with Crippen LogP contribution in [0.25, 0.3) is 0 Å². The number of furan rings is 1. The minimum atomic E-state index is -0.242. The van der Waals surface area contributed by atoms with Crippen LogP contribution < -0.4 is 10.2 Å². The molecule has 0 radical (unpaired) electrons. The molecule has 3 heterocycles. The van der Waals surface area contributed by atoms with E-state index in [2.05, 4.69) is 10.2 Å². The van der Waals surface area contributed by atoms with Gasteiger partial charge in [0.05, 0.1) is 12.8 Å². The van der Waals surface area contributed by atoms with E-state index in [0.29, 0.717) is 51.3 Å². The molecule has 0 bridgehead atoms.